The largest absolute Gasteiger partial charge is 0.461 e. The molecule has 1 aliphatic heterocycles. The minimum absolute atomic E-state index is 0.0849. The fourth-order valence-corrected chi connectivity index (χ4v) is 1.28. The van der Waals surface area contributed by atoms with Gasteiger partial charge in [-0.25, -0.2) is 4.79 Å². The number of hydrogen-bond acceptors (Lipinski definition) is 6. The van der Waals surface area contributed by atoms with Crippen LogP contribution in [0.4, 0.5) is 0 Å². The predicted octanol–water partition coefficient (Wildman–Crippen LogP) is 0.725. The van der Waals surface area contributed by atoms with Gasteiger partial charge in [0.25, 0.3) is 5.89 Å². The molecule has 0 bridgehead atoms. The summed E-state index contributed by atoms with van der Waals surface area (Å²) < 4.78 is 14.7. The number of carbonyl (C=O) groups excluding carboxylic acids is 2. The molecule has 0 radical (unpaired) electrons. The molecule has 6 heteroatoms. The van der Waals surface area contributed by atoms with Crippen LogP contribution < -0.4 is 0 Å². The Labute approximate surface area is 109 Å². The summed E-state index contributed by atoms with van der Waals surface area (Å²) in [5.74, 6) is 4.85. The number of rotatable bonds is 4. The number of esters is 1. The third kappa shape index (κ3) is 3.53. The van der Waals surface area contributed by atoms with E-state index in [-0.39, 0.29) is 30.4 Å². The monoisotopic (exact) mass is 261 g/mol. The second-order valence-corrected chi connectivity index (χ2v) is 3.59. The minimum atomic E-state index is -0.546. The molecular weight excluding hydrogens is 250 g/mol. The number of aldehydes is 1. The second kappa shape index (κ2) is 5.98. The summed E-state index contributed by atoms with van der Waals surface area (Å²) in [5, 5.41) is 0. The van der Waals surface area contributed by atoms with E-state index in [1.54, 1.807) is 19.1 Å². The molecule has 0 amide bonds. The number of ether oxygens (including phenoxy) is 2. The molecule has 2 heterocycles. The van der Waals surface area contributed by atoms with Crippen LogP contribution in [-0.4, -0.2) is 36.1 Å². The van der Waals surface area contributed by atoms with E-state index in [0.717, 1.165) is 6.29 Å². The molecule has 0 saturated carbocycles. The van der Waals surface area contributed by atoms with Crippen LogP contribution in [0.3, 0.4) is 0 Å². The van der Waals surface area contributed by atoms with Crippen LogP contribution in [0.1, 0.15) is 23.3 Å². The van der Waals surface area contributed by atoms with Crippen molar-refractivity contribution in [2.45, 2.75) is 19.1 Å². The molecule has 1 aromatic rings. The SMILES string of the molecule is CCOC(=O)c1coc(C#C/C=C/[C@@H]2O[C@@H]2C=O)n1. The predicted molar refractivity (Wildman–Crippen MR) is 63.2 cm³/mol. The van der Waals surface area contributed by atoms with Gasteiger partial charge >= 0.3 is 5.97 Å². The average molecular weight is 261 g/mol. The van der Waals surface area contributed by atoms with Crippen molar-refractivity contribution in [3.05, 3.63) is 30.0 Å². The van der Waals surface area contributed by atoms with Gasteiger partial charge in [0.2, 0.25) is 0 Å². The van der Waals surface area contributed by atoms with Crippen molar-refractivity contribution in [1.29, 1.82) is 0 Å². The van der Waals surface area contributed by atoms with E-state index in [4.69, 9.17) is 13.9 Å². The maximum atomic E-state index is 11.3. The molecule has 0 unspecified atom stereocenters. The quantitative estimate of drug-likeness (QED) is 0.344. The van der Waals surface area contributed by atoms with Gasteiger partial charge in [-0.15, -0.1) is 0 Å². The lowest BCUT2D eigenvalue weighted by atomic mass is 10.3. The molecule has 2 rings (SSSR count). The maximum Gasteiger partial charge on any atom is 0.360 e. The summed E-state index contributed by atoms with van der Waals surface area (Å²) in [4.78, 5) is 25.4. The zero-order valence-corrected chi connectivity index (χ0v) is 10.2. The van der Waals surface area contributed by atoms with Crippen molar-refractivity contribution in [2.75, 3.05) is 6.61 Å². The van der Waals surface area contributed by atoms with Crippen LogP contribution in [0.25, 0.3) is 0 Å². The Morgan fingerprint density at radius 3 is 3.11 bits per heavy atom. The van der Waals surface area contributed by atoms with Gasteiger partial charge in [0.1, 0.15) is 18.5 Å². The van der Waals surface area contributed by atoms with Gasteiger partial charge in [0.05, 0.1) is 6.61 Å². The van der Waals surface area contributed by atoms with E-state index in [2.05, 4.69) is 16.8 Å². The highest BCUT2D eigenvalue weighted by Crippen LogP contribution is 2.20. The van der Waals surface area contributed by atoms with Crippen molar-refractivity contribution in [1.82, 2.24) is 4.98 Å². The Hall–Kier alpha value is -2.39. The fraction of sp³-hybridized carbons (Fsp3) is 0.308. The Morgan fingerprint density at radius 2 is 2.42 bits per heavy atom. The summed E-state index contributed by atoms with van der Waals surface area (Å²) in [6, 6.07) is 0. The molecule has 98 valence electrons. The highest BCUT2D eigenvalue weighted by atomic mass is 16.6. The molecule has 1 saturated heterocycles. The third-order valence-electron chi connectivity index (χ3n) is 2.23. The standard InChI is InChI=1S/C13H11NO5/c1-2-17-13(16)9-8-18-12(14-9)6-4-3-5-10-11(7-15)19-10/h3,5,7-8,10-11H,2H2,1H3/b5-3+/t10-,11+/m0/s1. The smallest absolute Gasteiger partial charge is 0.360 e. The van der Waals surface area contributed by atoms with E-state index in [0.29, 0.717) is 0 Å². The topological polar surface area (TPSA) is 81.9 Å². The normalized spacial score (nSPS) is 20.7. The van der Waals surface area contributed by atoms with E-state index >= 15 is 0 Å². The summed E-state index contributed by atoms with van der Waals surface area (Å²) >= 11 is 0. The van der Waals surface area contributed by atoms with E-state index in [1.165, 1.54) is 6.26 Å². The number of epoxide rings is 1. The van der Waals surface area contributed by atoms with E-state index in [9.17, 15) is 9.59 Å². The van der Waals surface area contributed by atoms with Crippen molar-refractivity contribution in [3.63, 3.8) is 0 Å². The van der Waals surface area contributed by atoms with Gasteiger partial charge in [-0.3, -0.25) is 0 Å². The van der Waals surface area contributed by atoms with Crippen LogP contribution in [0, 0.1) is 11.8 Å². The molecule has 0 aromatic carbocycles. The highest BCUT2D eigenvalue weighted by Gasteiger charge is 2.35. The van der Waals surface area contributed by atoms with Crippen molar-refractivity contribution in [2.24, 2.45) is 0 Å². The summed E-state index contributed by atoms with van der Waals surface area (Å²) in [6.45, 7) is 1.98. The molecule has 0 spiro atoms. The first-order valence-corrected chi connectivity index (χ1v) is 5.66. The zero-order chi connectivity index (χ0) is 13.7. The number of carbonyl (C=O) groups is 2. The first-order chi connectivity index (χ1) is 9.24. The van der Waals surface area contributed by atoms with Crippen LogP contribution in [0.2, 0.25) is 0 Å². The van der Waals surface area contributed by atoms with Crippen molar-refractivity contribution < 1.29 is 23.5 Å². The highest BCUT2D eigenvalue weighted by molar-refractivity contribution is 5.86. The molecular formula is C13H11NO5. The van der Waals surface area contributed by atoms with E-state index < -0.39 is 5.97 Å². The first-order valence-electron chi connectivity index (χ1n) is 5.66. The Balaban J connectivity index is 1.90. The Kier molecular flexibility index (Phi) is 4.11. The molecule has 19 heavy (non-hydrogen) atoms. The van der Waals surface area contributed by atoms with Crippen LogP contribution in [0.5, 0.6) is 0 Å². The lowest BCUT2D eigenvalue weighted by Crippen LogP contribution is -2.04. The number of nitrogens with zero attached hydrogens (tertiary/aromatic N) is 1. The number of aromatic nitrogens is 1. The third-order valence-corrected chi connectivity index (χ3v) is 2.23. The Bertz CT molecular complexity index is 563. The van der Waals surface area contributed by atoms with Gasteiger partial charge in [-0.1, -0.05) is 5.92 Å². The molecule has 2 atom stereocenters. The van der Waals surface area contributed by atoms with Crippen LogP contribution in [0.15, 0.2) is 22.8 Å². The van der Waals surface area contributed by atoms with Gasteiger partial charge in [0, 0.05) is 0 Å². The van der Waals surface area contributed by atoms with Crippen molar-refractivity contribution >= 4 is 12.3 Å². The summed E-state index contributed by atoms with van der Waals surface area (Å²) in [7, 11) is 0. The summed E-state index contributed by atoms with van der Waals surface area (Å²) in [5.41, 5.74) is 0.0849. The Morgan fingerprint density at radius 1 is 1.58 bits per heavy atom. The van der Waals surface area contributed by atoms with Gasteiger partial charge < -0.3 is 18.7 Å². The van der Waals surface area contributed by atoms with Crippen molar-refractivity contribution in [3.8, 4) is 11.8 Å². The number of oxazole rings is 1. The second-order valence-electron chi connectivity index (χ2n) is 3.59. The van der Waals surface area contributed by atoms with Crippen LogP contribution >= 0.6 is 0 Å². The molecule has 6 nitrogen and oxygen atoms in total. The fourth-order valence-electron chi connectivity index (χ4n) is 1.28. The van der Waals surface area contributed by atoms with Gasteiger partial charge in [-0.05, 0) is 25.0 Å². The van der Waals surface area contributed by atoms with Gasteiger partial charge in [-0.2, -0.15) is 4.98 Å². The maximum absolute atomic E-state index is 11.3. The lowest BCUT2D eigenvalue weighted by molar-refractivity contribution is -0.108. The van der Waals surface area contributed by atoms with E-state index in [1.807, 2.05) is 0 Å². The number of allylic oxidation sites excluding steroid dienone is 1. The van der Waals surface area contributed by atoms with Gasteiger partial charge in [0.15, 0.2) is 12.0 Å². The number of hydrogen-bond donors (Lipinski definition) is 0. The molecule has 1 fully saturated rings. The molecule has 0 N–H and O–H groups in total. The molecule has 0 aliphatic carbocycles. The van der Waals surface area contributed by atoms with Crippen LogP contribution in [-0.2, 0) is 14.3 Å². The molecule has 1 aromatic heterocycles. The molecule has 1 aliphatic rings. The minimum Gasteiger partial charge on any atom is -0.461 e. The average Bonchev–Trinajstić information content (AvgIpc) is 3.01. The lowest BCUT2D eigenvalue weighted by Gasteiger charge is -1.94. The first kappa shape index (κ1) is 13.1. The summed E-state index contributed by atoms with van der Waals surface area (Å²) in [6.07, 6.45) is 4.60. The zero-order valence-electron chi connectivity index (χ0n) is 10.2.